The number of anilines is 2. The summed E-state index contributed by atoms with van der Waals surface area (Å²) in [5.41, 5.74) is 1.45. The number of amides is 1. The van der Waals surface area contributed by atoms with Gasteiger partial charge in [-0.15, -0.1) is 0 Å². The topological polar surface area (TPSA) is 98.2 Å². The molecule has 1 N–H and O–H groups in total. The number of hydrogen-bond acceptors (Lipinski definition) is 6. The minimum absolute atomic E-state index is 0.00966. The number of aromatic nitrogens is 2. The van der Waals surface area contributed by atoms with Gasteiger partial charge in [0.15, 0.2) is 5.82 Å². The second-order valence-electron chi connectivity index (χ2n) is 7.73. The van der Waals surface area contributed by atoms with Crippen LogP contribution in [0, 0.1) is 11.6 Å². The van der Waals surface area contributed by atoms with Gasteiger partial charge in [0.05, 0.1) is 40.3 Å². The Morgan fingerprint density at radius 1 is 1.14 bits per heavy atom. The molecular formula is C24H18BrF2N4O3S2-. The monoisotopic (exact) mass is 591 g/mol. The van der Waals surface area contributed by atoms with Crippen LogP contribution in [-0.4, -0.2) is 23.4 Å². The van der Waals surface area contributed by atoms with E-state index in [1.807, 2.05) is 30.3 Å². The van der Waals surface area contributed by atoms with Crippen LogP contribution >= 0.6 is 27.7 Å². The van der Waals surface area contributed by atoms with Gasteiger partial charge < -0.3 is 9.87 Å². The molecule has 0 spiro atoms. The predicted molar refractivity (Wildman–Crippen MR) is 137 cm³/mol. The zero-order chi connectivity index (χ0) is 25.8. The summed E-state index contributed by atoms with van der Waals surface area (Å²) in [6.45, 7) is 1.54. The van der Waals surface area contributed by atoms with Crippen LogP contribution in [0.25, 0.3) is 0 Å². The summed E-state index contributed by atoms with van der Waals surface area (Å²) in [6, 6.07) is 16.1. The van der Waals surface area contributed by atoms with Crippen LogP contribution in [0.2, 0.25) is 0 Å². The molecule has 36 heavy (non-hydrogen) atoms. The number of hydrogen-bond donors (Lipinski definition) is 1. The molecule has 0 fully saturated rings. The summed E-state index contributed by atoms with van der Waals surface area (Å²) in [6.07, 6.45) is 0.330. The maximum absolute atomic E-state index is 14.2. The number of benzene rings is 3. The third kappa shape index (κ3) is 5.84. The molecule has 0 saturated carbocycles. The van der Waals surface area contributed by atoms with Crippen LogP contribution in [0.3, 0.4) is 0 Å². The standard InChI is InChI=1S/C24H19BrF2N4O3S2/c1-14(18-10-8-17(26)13-20(18)27)28-24(32)19-9-7-16(25)12-22(19)31(36(33)34)23-21(29-35-30-23)11-15-5-3-2-4-6-15/h2-10,12-14H,11H2,1H3,(H,28,32)(H,33,34)/p-1. The molecule has 12 heteroatoms. The fraction of sp³-hybridized carbons (Fsp3) is 0.125. The Kier molecular flexibility index (Phi) is 8.19. The summed E-state index contributed by atoms with van der Waals surface area (Å²) in [4.78, 5) is 13.2. The van der Waals surface area contributed by atoms with Crippen molar-refractivity contribution in [3.05, 3.63) is 105 Å². The fourth-order valence-electron chi connectivity index (χ4n) is 3.59. The van der Waals surface area contributed by atoms with E-state index < -0.39 is 34.8 Å². The molecule has 4 rings (SSSR count). The molecule has 7 nitrogen and oxygen atoms in total. The predicted octanol–water partition coefficient (Wildman–Crippen LogP) is 5.59. The van der Waals surface area contributed by atoms with Crippen LogP contribution in [0.5, 0.6) is 0 Å². The normalized spacial score (nSPS) is 12.7. The van der Waals surface area contributed by atoms with E-state index in [9.17, 15) is 22.3 Å². The summed E-state index contributed by atoms with van der Waals surface area (Å²) >= 11 is 1.32. The average molecular weight is 592 g/mol. The van der Waals surface area contributed by atoms with Crippen LogP contribution in [0.4, 0.5) is 20.3 Å². The Labute approximate surface area is 221 Å². The molecule has 0 saturated heterocycles. The second kappa shape index (κ2) is 11.3. The molecule has 1 aromatic heterocycles. The van der Waals surface area contributed by atoms with Crippen molar-refractivity contribution >= 4 is 56.3 Å². The van der Waals surface area contributed by atoms with E-state index >= 15 is 0 Å². The molecule has 0 aliphatic rings. The van der Waals surface area contributed by atoms with Crippen LogP contribution < -0.4 is 9.62 Å². The average Bonchev–Trinajstić information content (AvgIpc) is 3.27. The van der Waals surface area contributed by atoms with E-state index in [0.717, 1.165) is 33.7 Å². The molecule has 3 aromatic carbocycles. The first-order valence-electron chi connectivity index (χ1n) is 10.5. The first-order valence-corrected chi connectivity index (χ1v) is 13.1. The van der Waals surface area contributed by atoms with Crippen molar-refractivity contribution in [2.24, 2.45) is 0 Å². The summed E-state index contributed by atoms with van der Waals surface area (Å²) in [5.74, 6) is -2.12. The molecule has 0 aliphatic carbocycles. The smallest absolute Gasteiger partial charge is 0.253 e. The van der Waals surface area contributed by atoms with E-state index in [4.69, 9.17) is 0 Å². The van der Waals surface area contributed by atoms with Crippen molar-refractivity contribution in [3.8, 4) is 0 Å². The fourth-order valence-corrected chi connectivity index (χ4v) is 5.14. The Bertz CT molecular complexity index is 1420. The maximum atomic E-state index is 14.2. The van der Waals surface area contributed by atoms with Gasteiger partial charge in [0.1, 0.15) is 17.3 Å². The lowest BCUT2D eigenvalue weighted by molar-refractivity contribution is 0.0940. The molecule has 0 bridgehead atoms. The van der Waals surface area contributed by atoms with Gasteiger partial charge in [-0.2, -0.15) is 8.75 Å². The molecule has 1 amide bonds. The van der Waals surface area contributed by atoms with E-state index in [1.165, 1.54) is 18.2 Å². The van der Waals surface area contributed by atoms with Gasteiger partial charge >= 0.3 is 0 Å². The molecule has 4 aromatic rings. The van der Waals surface area contributed by atoms with Gasteiger partial charge in [0.25, 0.3) is 5.91 Å². The van der Waals surface area contributed by atoms with Crippen molar-refractivity contribution in [2.45, 2.75) is 19.4 Å². The SMILES string of the molecule is CC(NC(=O)c1ccc(Br)cc1N(c1nsnc1Cc1ccccc1)S(=O)[O-])c1ccc(F)cc1F. The lowest BCUT2D eigenvalue weighted by atomic mass is 10.1. The van der Waals surface area contributed by atoms with Gasteiger partial charge in [-0.1, -0.05) is 52.3 Å². The van der Waals surface area contributed by atoms with E-state index in [0.29, 0.717) is 16.6 Å². The van der Waals surface area contributed by atoms with Crippen molar-refractivity contribution in [1.29, 1.82) is 0 Å². The third-order valence-corrected chi connectivity index (χ3v) is 7.01. The number of carbonyl (C=O) groups excluding carboxylic acids is 1. The molecule has 2 atom stereocenters. The summed E-state index contributed by atoms with van der Waals surface area (Å²) < 4.78 is 62.3. The zero-order valence-corrected chi connectivity index (χ0v) is 21.9. The number of nitrogens with zero attached hydrogens (tertiary/aromatic N) is 3. The van der Waals surface area contributed by atoms with E-state index in [2.05, 4.69) is 30.0 Å². The quantitative estimate of drug-likeness (QED) is 0.269. The first kappa shape index (κ1) is 26.0. The Balaban J connectivity index is 1.70. The van der Waals surface area contributed by atoms with Gasteiger partial charge in [0.2, 0.25) is 0 Å². The minimum Gasteiger partial charge on any atom is -0.755 e. The third-order valence-electron chi connectivity index (χ3n) is 5.29. The van der Waals surface area contributed by atoms with Gasteiger partial charge in [-0.25, -0.2) is 8.78 Å². The maximum Gasteiger partial charge on any atom is 0.253 e. The highest BCUT2D eigenvalue weighted by atomic mass is 79.9. The van der Waals surface area contributed by atoms with E-state index in [1.54, 1.807) is 13.0 Å². The largest absolute Gasteiger partial charge is 0.755 e. The highest BCUT2D eigenvalue weighted by Gasteiger charge is 2.25. The number of halogens is 3. The van der Waals surface area contributed by atoms with Crippen molar-refractivity contribution in [2.75, 3.05) is 4.31 Å². The molecule has 1 heterocycles. The van der Waals surface area contributed by atoms with Crippen molar-refractivity contribution < 1.29 is 22.3 Å². The van der Waals surface area contributed by atoms with Gasteiger partial charge in [0, 0.05) is 22.5 Å². The Morgan fingerprint density at radius 3 is 2.58 bits per heavy atom. The Hall–Kier alpha value is -3.06. The van der Waals surface area contributed by atoms with Crippen molar-refractivity contribution in [3.63, 3.8) is 0 Å². The van der Waals surface area contributed by atoms with Gasteiger partial charge in [-0.05, 0) is 36.8 Å². The highest BCUT2D eigenvalue weighted by Crippen LogP contribution is 2.34. The van der Waals surface area contributed by atoms with Crippen LogP contribution in [-0.2, 0) is 17.7 Å². The lowest BCUT2D eigenvalue weighted by Crippen LogP contribution is -2.30. The molecular weight excluding hydrogens is 574 g/mol. The Morgan fingerprint density at radius 2 is 1.89 bits per heavy atom. The summed E-state index contributed by atoms with van der Waals surface area (Å²) in [7, 11) is 0. The van der Waals surface area contributed by atoms with E-state index in [-0.39, 0.29) is 22.6 Å². The lowest BCUT2D eigenvalue weighted by Gasteiger charge is -2.27. The van der Waals surface area contributed by atoms with Gasteiger partial charge in [-0.3, -0.25) is 13.3 Å². The highest BCUT2D eigenvalue weighted by molar-refractivity contribution is 9.10. The number of nitrogens with one attached hydrogen (secondary N) is 1. The summed E-state index contributed by atoms with van der Waals surface area (Å²) in [5, 5.41) is 2.65. The minimum atomic E-state index is -2.86. The molecule has 186 valence electrons. The van der Waals surface area contributed by atoms with Crippen molar-refractivity contribution in [1.82, 2.24) is 14.1 Å². The number of carbonyl (C=O) groups is 1. The zero-order valence-electron chi connectivity index (χ0n) is 18.7. The molecule has 2 unspecified atom stereocenters. The van der Waals surface area contributed by atoms with Crippen LogP contribution in [0.15, 0.2) is 71.2 Å². The van der Waals surface area contributed by atoms with Crippen LogP contribution in [0.1, 0.15) is 40.1 Å². The first-order chi connectivity index (χ1) is 17.2. The molecule has 0 aliphatic heterocycles. The molecule has 0 radical (unpaired) electrons. The number of rotatable bonds is 8. The second-order valence-corrected chi connectivity index (χ2v) is 9.97.